The highest BCUT2D eigenvalue weighted by Crippen LogP contribution is 2.36. The Hall–Kier alpha value is -1.79. The van der Waals surface area contributed by atoms with Gasteiger partial charge in [-0.05, 0) is 0 Å². The summed E-state index contributed by atoms with van der Waals surface area (Å²) >= 11 is 7.94. The Labute approximate surface area is 157 Å². The first-order valence-corrected chi connectivity index (χ1v) is 9.17. The third-order valence-corrected chi connectivity index (χ3v) is 5.47. The molecule has 3 rings (SSSR count). The van der Waals surface area contributed by atoms with Gasteiger partial charge in [0.15, 0.2) is 10.3 Å². The first-order chi connectivity index (χ1) is 12.2. The molecule has 0 N–H and O–H groups in total. The Morgan fingerprint density at radius 3 is 2.81 bits per heavy atom. The molecule has 1 aromatic rings. The molecule has 0 fully saturated rings. The third-order valence-electron chi connectivity index (χ3n) is 3.16. The van der Waals surface area contributed by atoms with Crippen LogP contribution in [0.1, 0.15) is 5.69 Å². The first-order valence-electron chi connectivity index (χ1n) is 6.82. The monoisotopic (exact) mass is 424 g/mol. The van der Waals surface area contributed by atoms with E-state index >= 15 is 0 Å². The average Bonchev–Trinajstić information content (AvgIpc) is 3.10. The summed E-state index contributed by atoms with van der Waals surface area (Å²) in [6.07, 6.45) is -3.62. The maximum Gasteiger partial charge on any atom is 0.491 e. The van der Waals surface area contributed by atoms with Crippen LogP contribution in [0.15, 0.2) is 27.0 Å². The van der Waals surface area contributed by atoms with E-state index < -0.39 is 23.1 Å². The zero-order chi connectivity index (χ0) is 19.1. The lowest BCUT2D eigenvalue weighted by Gasteiger charge is -2.10. The molecule has 0 unspecified atom stereocenters. The largest absolute Gasteiger partial charge is 0.491 e. The molecule has 2 aliphatic heterocycles. The topological polar surface area (TPSA) is 85.9 Å². The van der Waals surface area contributed by atoms with Crippen LogP contribution in [0.4, 0.5) is 13.2 Å². The summed E-state index contributed by atoms with van der Waals surface area (Å²) in [7, 11) is 1.72. The van der Waals surface area contributed by atoms with Crippen molar-refractivity contribution >= 4 is 57.9 Å². The van der Waals surface area contributed by atoms with Crippen molar-refractivity contribution in [3.05, 3.63) is 27.8 Å². The Kier molecular flexibility index (Phi) is 5.17. The third kappa shape index (κ3) is 3.81. The van der Waals surface area contributed by atoms with Gasteiger partial charge in [0, 0.05) is 18.6 Å². The molecule has 0 atom stereocenters. The standard InChI is InChI=1S/C13H8ClF3N4O3S2/c1-21-4-18-6(8(21)14)3-26-12-19-5-2-25-10(7(5)9(22)20-12)24-11(23)13(15,16)17/h4H,2-3H2,1H3. The molecule has 13 heteroatoms. The van der Waals surface area contributed by atoms with Crippen LogP contribution in [0.5, 0.6) is 0 Å². The van der Waals surface area contributed by atoms with Crippen LogP contribution >= 0.6 is 35.1 Å². The lowest BCUT2D eigenvalue weighted by Crippen LogP contribution is -2.25. The molecule has 2 aliphatic rings. The summed E-state index contributed by atoms with van der Waals surface area (Å²) in [6.45, 7) is 0. The SMILES string of the molecule is Cn1cnc(CSC2=NC(=O)C3=C(OC(=O)C(F)(F)F)SCC3=N2)c1Cl. The number of fused-ring (bicyclic) bond motifs is 1. The number of esters is 1. The summed E-state index contributed by atoms with van der Waals surface area (Å²) < 4.78 is 42.8. The van der Waals surface area contributed by atoms with Gasteiger partial charge in [0.2, 0.25) is 0 Å². The number of aromatic nitrogens is 2. The molecule has 1 aromatic heterocycles. The molecule has 0 aliphatic carbocycles. The number of amides is 1. The summed E-state index contributed by atoms with van der Waals surface area (Å²) in [5.74, 6) is -2.79. The van der Waals surface area contributed by atoms with Crippen molar-refractivity contribution in [3.63, 3.8) is 0 Å². The number of thioether (sulfide) groups is 2. The van der Waals surface area contributed by atoms with Crippen molar-refractivity contribution in [1.29, 1.82) is 0 Å². The summed E-state index contributed by atoms with van der Waals surface area (Å²) in [5.41, 5.74) is 0.582. The molecular formula is C13H8ClF3N4O3S2. The molecule has 0 spiro atoms. The number of amidine groups is 1. The van der Waals surface area contributed by atoms with Gasteiger partial charge >= 0.3 is 12.1 Å². The molecule has 0 radical (unpaired) electrons. The van der Waals surface area contributed by atoms with Crippen LogP contribution in [0.3, 0.4) is 0 Å². The van der Waals surface area contributed by atoms with Crippen molar-refractivity contribution in [2.24, 2.45) is 17.0 Å². The van der Waals surface area contributed by atoms with Gasteiger partial charge in [-0.1, -0.05) is 35.1 Å². The number of carbonyl (C=O) groups excluding carboxylic acids is 2. The van der Waals surface area contributed by atoms with Crippen LogP contribution in [-0.2, 0) is 27.1 Å². The number of halogens is 4. The van der Waals surface area contributed by atoms with Gasteiger partial charge in [-0.25, -0.2) is 14.8 Å². The van der Waals surface area contributed by atoms with Gasteiger partial charge in [-0.15, -0.1) is 0 Å². The number of carbonyl (C=O) groups is 2. The highest BCUT2D eigenvalue weighted by atomic mass is 35.5. The fourth-order valence-corrected chi connectivity index (χ4v) is 3.96. The number of ether oxygens (including phenoxy) is 1. The second-order valence-corrected chi connectivity index (χ2v) is 7.23. The molecule has 1 amide bonds. The second-order valence-electron chi connectivity index (χ2n) is 4.98. The highest BCUT2D eigenvalue weighted by Gasteiger charge is 2.44. The van der Waals surface area contributed by atoms with E-state index in [1.54, 1.807) is 11.6 Å². The number of hydrogen-bond donors (Lipinski definition) is 0. The Morgan fingerprint density at radius 2 is 2.19 bits per heavy atom. The number of aliphatic imine (C=N–C) groups is 2. The van der Waals surface area contributed by atoms with E-state index in [1.165, 1.54) is 6.33 Å². The van der Waals surface area contributed by atoms with Crippen molar-refractivity contribution < 1.29 is 27.5 Å². The molecule has 26 heavy (non-hydrogen) atoms. The molecule has 0 saturated carbocycles. The molecule has 138 valence electrons. The zero-order valence-corrected chi connectivity index (χ0v) is 15.2. The van der Waals surface area contributed by atoms with Crippen molar-refractivity contribution in [2.45, 2.75) is 11.9 Å². The van der Waals surface area contributed by atoms with Crippen LogP contribution in [0, 0.1) is 0 Å². The van der Waals surface area contributed by atoms with Gasteiger partial charge in [0.05, 0.1) is 17.7 Å². The Morgan fingerprint density at radius 1 is 1.46 bits per heavy atom. The first kappa shape index (κ1) is 19.0. The smallest absolute Gasteiger partial charge is 0.412 e. The number of nitrogens with zero attached hydrogens (tertiary/aromatic N) is 4. The van der Waals surface area contributed by atoms with Crippen molar-refractivity contribution in [2.75, 3.05) is 5.75 Å². The van der Waals surface area contributed by atoms with Crippen LogP contribution < -0.4 is 0 Å². The quantitative estimate of drug-likeness (QED) is 0.693. The summed E-state index contributed by atoms with van der Waals surface area (Å²) in [6, 6.07) is 0. The van der Waals surface area contributed by atoms with E-state index in [9.17, 15) is 22.8 Å². The predicted octanol–water partition coefficient (Wildman–Crippen LogP) is 2.71. The lowest BCUT2D eigenvalue weighted by molar-refractivity contribution is -0.194. The summed E-state index contributed by atoms with van der Waals surface area (Å²) in [4.78, 5) is 35.1. The number of rotatable bonds is 3. The minimum Gasteiger partial charge on any atom is -0.412 e. The van der Waals surface area contributed by atoms with Gasteiger partial charge in [0.1, 0.15) is 10.7 Å². The van der Waals surface area contributed by atoms with Crippen LogP contribution in [-0.4, -0.2) is 44.2 Å². The molecule has 3 heterocycles. The maximum absolute atomic E-state index is 12.3. The van der Waals surface area contributed by atoms with Crippen molar-refractivity contribution in [3.8, 4) is 0 Å². The van der Waals surface area contributed by atoms with E-state index in [0.29, 0.717) is 16.6 Å². The van der Waals surface area contributed by atoms with Crippen molar-refractivity contribution in [1.82, 2.24) is 9.55 Å². The average molecular weight is 425 g/mol. The van der Waals surface area contributed by atoms with Gasteiger partial charge in [-0.3, -0.25) is 4.79 Å². The lowest BCUT2D eigenvalue weighted by atomic mass is 10.2. The molecule has 0 saturated heterocycles. The molecule has 7 nitrogen and oxygen atoms in total. The molecule has 0 aromatic carbocycles. The second kappa shape index (κ2) is 7.08. The van der Waals surface area contributed by atoms with E-state index in [4.69, 9.17) is 11.6 Å². The van der Waals surface area contributed by atoms with Gasteiger partial charge in [0.25, 0.3) is 5.91 Å². The zero-order valence-electron chi connectivity index (χ0n) is 12.8. The predicted molar refractivity (Wildman–Crippen MR) is 91.0 cm³/mol. The highest BCUT2D eigenvalue weighted by molar-refractivity contribution is 8.13. The normalized spacial score (nSPS) is 17.2. The van der Waals surface area contributed by atoms with E-state index in [1.807, 2.05) is 0 Å². The number of imidazole rings is 1. The Balaban J connectivity index is 1.74. The van der Waals surface area contributed by atoms with Crippen LogP contribution in [0.25, 0.3) is 0 Å². The summed E-state index contributed by atoms with van der Waals surface area (Å²) in [5, 5.41) is 0.141. The van der Waals surface area contributed by atoms with Gasteiger partial charge < -0.3 is 9.30 Å². The fourth-order valence-electron chi connectivity index (χ4n) is 1.96. The van der Waals surface area contributed by atoms with E-state index in [2.05, 4.69) is 19.7 Å². The van der Waals surface area contributed by atoms with E-state index in [-0.39, 0.29) is 22.2 Å². The number of alkyl halides is 3. The minimum atomic E-state index is -5.15. The van der Waals surface area contributed by atoms with Crippen LogP contribution in [0.2, 0.25) is 5.15 Å². The fraction of sp³-hybridized carbons (Fsp3) is 0.308. The number of hydrogen-bond acceptors (Lipinski definition) is 7. The maximum atomic E-state index is 12.3. The van der Waals surface area contributed by atoms with E-state index in [0.717, 1.165) is 23.5 Å². The minimum absolute atomic E-state index is 0.103. The molecular weight excluding hydrogens is 417 g/mol. The molecule has 0 bridgehead atoms. The van der Waals surface area contributed by atoms with Gasteiger partial charge in [-0.2, -0.15) is 18.2 Å². The Bertz CT molecular complexity index is 892. The number of aryl methyl sites for hydroxylation is 1.